The van der Waals surface area contributed by atoms with Crippen molar-refractivity contribution in [3.8, 4) is 0 Å². The zero-order valence-corrected chi connectivity index (χ0v) is 13.1. The lowest BCUT2D eigenvalue weighted by Gasteiger charge is -2.39. The Hall–Kier alpha value is -0.240. The van der Waals surface area contributed by atoms with E-state index in [4.69, 9.17) is 14.2 Å². The van der Waals surface area contributed by atoms with E-state index in [1.807, 2.05) is 0 Å². The lowest BCUT2D eigenvalue weighted by atomic mass is 9.99. The number of ether oxygens (including phenoxy) is 3. The van der Waals surface area contributed by atoms with E-state index >= 15 is 0 Å². The van der Waals surface area contributed by atoms with Crippen LogP contribution in [-0.4, -0.2) is 66.3 Å². The van der Waals surface area contributed by atoms with Crippen molar-refractivity contribution in [1.82, 2.24) is 0 Å². The monoisotopic (exact) mass is 306 g/mol. The van der Waals surface area contributed by atoms with E-state index < -0.39 is 30.7 Å². The first-order valence-corrected chi connectivity index (χ1v) is 7.92. The Morgan fingerprint density at radius 2 is 1.57 bits per heavy atom. The second kappa shape index (κ2) is 10.5. The van der Waals surface area contributed by atoms with Crippen LogP contribution in [-0.2, 0) is 14.2 Å². The van der Waals surface area contributed by atoms with Crippen molar-refractivity contribution in [2.75, 3.05) is 20.3 Å². The molecule has 126 valence electrons. The van der Waals surface area contributed by atoms with Gasteiger partial charge in [-0.1, -0.05) is 39.0 Å². The molecule has 1 rings (SSSR count). The topological polar surface area (TPSA) is 88.4 Å². The fourth-order valence-corrected chi connectivity index (χ4v) is 2.43. The van der Waals surface area contributed by atoms with Gasteiger partial charge >= 0.3 is 0 Å². The highest BCUT2D eigenvalue weighted by Crippen LogP contribution is 2.22. The molecule has 0 saturated carbocycles. The zero-order chi connectivity index (χ0) is 15.7. The number of unbranched alkanes of at least 4 members (excludes halogenated alkanes) is 5. The molecule has 6 heteroatoms. The van der Waals surface area contributed by atoms with Gasteiger partial charge in [-0.3, -0.25) is 0 Å². The summed E-state index contributed by atoms with van der Waals surface area (Å²) in [7, 11) is 1.38. The molecule has 0 unspecified atom stereocenters. The van der Waals surface area contributed by atoms with Crippen LogP contribution in [0.25, 0.3) is 0 Å². The molecule has 0 amide bonds. The smallest absolute Gasteiger partial charge is 0.186 e. The van der Waals surface area contributed by atoms with Crippen LogP contribution in [0.15, 0.2) is 0 Å². The van der Waals surface area contributed by atoms with E-state index in [0.29, 0.717) is 6.61 Å². The molecule has 1 fully saturated rings. The largest absolute Gasteiger partial charge is 0.387 e. The number of aliphatic hydroxyl groups is 3. The molecule has 0 aromatic rings. The third-order valence-electron chi connectivity index (χ3n) is 3.83. The summed E-state index contributed by atoms with van der Waals surface area (Å²) >= 11 is 0. The maximum atomic E-state index is 9.85. The lowest BCUT2D eigenvalue weighted by Crippen LogP contribution is -2.59. The number of aliphatic hydroxyl groups excluding tert-OH is 3. The molecule has 0 spiro atoms. The van der Waals surface area contributed by atoms with Gasteiger partial charge in [-0.15, -0.1) is 0 Å². The van der Waals surface area contributed by atoms with Crippen LogP contribution in [0.1, 0.15) is 45.4 Å². The molecule has 21 heavy (non-hydrogen) atoms. The summed E-state index contributed by atoms with van der Waals surface area (Å²) in [6.07, 6.45) is 1.78. The van der Waals surface area contributed by atoms with Gasteiger partial charge in [-0.05, 0) is 6.42 Å². The first kappa shape index (κ1) is 18.8. The highest BCUT2D eigenvalue weighted by molar-refractivity contribution is 4.88. The minimum atomic E-state index is -1.29. The Labute approximate surface area is 127 Å². The van der Waals surface area contributed by atoms with Crippen molar-refractivity contribution < 1.29 is 29.5 Å². The molecule has 1 aliphatic rings. The molecule has 0 aliphatic carbocycles. The van der Waals surface area contributed by atoms with Crippen molar-refractivity contribution >= 4 is 0 Å². The second-order valence-electron chi connectivity index (χ2n) is 5.59. The van der Waals surface area contributed by atoms with Gasteiger partial charge in [0, 0.05) is 13.7 Å². The Balaban J connectivity index is 2.16. The Morgan fingerprint density at radius 1 is 0.905 bits per heavy atom. The number of hydrogen-bond donors (Lipinski definition) is 3. The van der Waals surface area contributed by atoms with Gasteiger partial charge in [0.05, 0.1) is 6.61 Å². The molecule has 3 N–H and O–H groups in total. The average Bonchev–Trinajstić information content (AvgIpc) is 2.49. The van der Waals surface area contributed by atoms with Crippen molar-refractivity contribution in [1.29, 1.82) is 0 Å². The van der Waals surface area contributed by atoms with Crippen LogP contribution < -0.4 is 0 Å². The van der Waals surface area contributed by atoms with Crippen LogP contribution in [0.3, 0.4) is 0 Å². The molecular formula is C15H30O6. The van der Waals surface area contributed by atoms with Gasteiger partial charge in [0.1, 0.15) is 24.4 Å². The van der Waals surface area contributed by atoms with Gasteiger partial charge in [0.25, 0.3) is 0 Å². The highest BCUT2D eigenvalue weighted by atomic mass is 16.7. The molecule has 0 radical (unpaired) electrons. The van der Waals surface area contributed by atoms with Crippen molar-refractivity contribution in [2.24, 2.45) is 0 Å². The van der Waals surface area contributed by atoms with Crippen molar-refractivity contribution in [2.45, 2.75) is 76.2 Å². The predicted molar refractivity (Wildman–Crippen MR) is 77.9 cm³/mol. The molecule has 1 aliphatic heterocycles. The summed E-state index contributed by atoms with van der Waals surface area (Å²) in [6.45, 7) is 2.98. The lowest BCUT2D eigenvalue weighted by molar-refractivity contribution is -0.296. The molecule has 1 saturated heterocycles. The van der Waals surface area contributed by atoms with Crippen LogP contribution in [0.5, 0.6) is 0 Å². The Morgan fingerprint density at radius 3 is 2.24 bits per heavy atom. The molecule has 1 heterocycles. The van der Waals surface area contributed by atoms with Gasteiger partial charge in [0.15, 0.2) is 6.29 Å². The molecule has 0 aromatic heterocycles. The van der Waals surface area contributed by atoms with Gasteiger partial charge in [0.2, 0.25) is 0 Å². The van der Waals surface area contributed by atoms with Crippen molar-refractivity contribution in [3.05, 3.63) is 0 Å². The van der Waals surface area contributed by atoms with Gasteiger partial charge in [-0.2, -0.15) is 0 Å². The summed E-state index contributed by atoms with van der Waals surface area (Å²) in [6, 6.07) is 0. The normalized spacial score (nSPS) is 33.3. The third kappa shape index (κ3) is 6.18. The summed E-state index contributed by atoms with van der Waals surface area (Å²) in [5.41, 5.74) is 0. The predicted octanol–water partition coefficient (Wildman–Crippen LogP) is 0.817. The van der Waals surface area contributed by atoms with E-state index in [9.17, 15) is 15.3 Å². The molecular weight excluding hydrogens is 276 g/mol. The van der Waals surface area contributed by atoms with Gasteiger partial charge in [-0.25, -0.2) is 0 Å². The van der Waals surface area contributed by atoms with Crippen LogP contribution in [0, 0.1) is 0 Å². The Kier molecular flexibility index (Phi) is 9.39. The van der Waals surface area contributed by atoms with Crippen LogP contribution in [0.4, 0.5) is 0 Å². The molecule has 5 atom stereocenters. The quantitative estimate of drug-likeness (QED) is 0.518. The maximum absolute atomic E-state index is 9.85. The number of hydrogen-bond acceptors (Lipinski definition) is 6. The summed E-state index contributed by atoms with van der Waals surface area (Å²) in [5.74, 6) is 0. The first-order chi connectivity index (χ1) is 10.1. The molecule has 0 aromatic carbocycles. The maximum Gasteiger partial charge on any atom is 0.186 e. The van der Waals surface area contributed by atoms with E-state index in [1.54, 1.807) is 0 Å². The minimum absolute atomic E-state index is 0.180. The van der Waals surface area contributed by atoms with Crippen molar-refractivity contribution in [3.63, 3.8) is 0 Å². The number of methoxy groups -OCH3 is 1. The summed E-state index contributed by atoms with van der Waals surface area (Å²) in [5, 5.41) is 29.2. The van der Waals surface area contributed by atoms with E-state index in [-0.39, 0.29) is 6.61 Å². The minimum Gasteiger partial charge on any atom is -0.387 e. The Bertz CT molecular complexity index is 261. The SMILES string of the molecule is CCCCCCCCOC[C@H]1O[C@H](OC)[C@H](O)[C@@H](O)[C@@H]1O. The molecule has 6 nitrogen and oxygen atoms in total. The van der Waals surface area contributed by atoms with E-state index in [2.05, 4.69) is 6.92 Å². The average molecular weight is 306 g/mol. The van der Waals surface area contributed by atoms with Crippen LogP contribution >= 0.6 is 0 Å². The van der Waals surface area contributed by atoms with Gasteiger partial charge < -0.3 is 29.5 Å². The standard InChI is InChI=1S/C15H30O6/c1-3-4-5-6-7-8-9-20-10-11-12(16)13(17)14(18)15(19-2)21-11/h11-18H,3-10H2,1-2H3/t11-,12-,13+,14-,15+/m1/s1. The molecule has 0 bridgehead atoms. The van der Waals surface area contributed by atoms with Crippen LogP contribution in [0.2, 0.25) is 0 Å². The summed E-state index contributed by atoms with van der Waals surface area (Å²) in [4.78, 5) is 0. The third-order valence-corrected chi connectivity index (χ3v) is 3.83. The van der Waals surface area contributed by atoms with E-state index in [1.165, 1.54) is 32.8 Å². The first-order valence-electron chi connectivity index (χ1n) is 7.92. The fourth-order valence-electron chi connectivity index (χ4n) is 2.43. The fraction of sp³-hybridized carbons (Fsp3) is 1.00. The summed E-state index contributed by atoms with van der Waals surface area (Å²) < 4.78 is 15.8. The second-order valence-corrected chi connectivity index (χ2v) is 5.59. The zero-order valence-electron chi connectivity index (χ0n) is 13.1. The number of rotatable bonds is 10. The highest BCUT2D eigenvalue weighted by Gasteiger charge is 2.43. The van der Waals surface area contributed by atoms with E-state index in [0.717, 1.165) is 12.8 Å².